The molecule has 1 aliphatic carbocycles. The predicted molar refractivity (Wildman–Crippen MR) is 116 cm³/mol. The van der Waals surface area contributed by atoms with Gasteiger partial charge < -0.3 is 15.2 Å². The summed E-state index contributed by atoms with van der Waals surface area (Å²) >= 11 is 0. The van der Waals surface area contributed by atoms with Crippen molar-refractivity contribution in [2.75, 3.05) is 0 Å². The van der Waals surface area contributed by atoms with E-state index in [1.54, 1.807) is 12.1 Å². The standard InChI is InChI=1S/C25H29NO3/c1-25(2,3)26-21-17-11-10-16-20(21)23(27)22(18-12-6-4-7-13-18)24(28)29-19-14-8-5-9-15-19/h4-9,12-15,26-27H,10-11,16-17H2,1-3H3/b23-22+. The Bertz CT molecular complexity index is 906. The van der Waals surface area contributed by atoms with Crippen molar-refractivity contribution in [3.8, 4) is 5.75 Å². The average molecular weight is 392 g/mol. The number of hydrogen-bond acceptors (Lipinski definition) is 4. The maximum atomic E-state index is 13.1. The third-order valence-electron chi connectivity index (χ3n) is 4.74. The Balaban J connectivity index is 2.08. The van der Waals surface area contributed by atoms with Crippen molar-refractivity contribution < 1.29 is 14.6 Å². The van der Waals surface area contributed by atoms with E-state index < -0.39 is 5.97 Å². The number of para-hydroxylation sites is 1. The van der Waals surface area contributed by atoms with Crippen molar-refractivity contribution >= 4 is 11.5 Å². The summed E-state index contributed by atoms with van der Waals surface area (Å²) in [6.45, 7) is 6.28. The number of benzene rings is 2. The predicted octanol–water partition coefficient (Wildman–Crippen LogP) is 5.78. The van der Waals surface area contributed by atoms with Crippen LogP contribution in [0, 0.1) is 0 Å². The fourth-order valence-corrected chi connectivity index (χ4v) is 3.51. The Morgan fingerprint density at radius 1 is 0.931 bits per heavy atom. The van der Waals surface area contributed by atoms with Gasteiger partial charge in [0, 0.05) is 16.8 Å². The van der Waals surface area contributed by atoms with E-state index in [1.165, 1.54) is 0 Å². The Hall–Kier alpha value is -3.01. The largest absolute Gasteiger partial charge is 0.507 e. The zero-order valence-corrected chi connectivity index (χ0v) is 17.4. The number of ether oxygens (including phenoxy) is 1. The van der Waals surface area contributed by atoms with Crippen LogP contribution in [0.5, 0.6) is 5.75 Å². The molecule has 4 heteroatoms. The minimum absolute atomic E-state index is 0.00332. The van der Waals surface area contributed by atoms with Gasteiger partial charge in [-0.15, -0.1) is 0 Å². The first-order chi connectivity index (χ1) is 13.8. The number of rotatable bonds is 5. The normalized spacial score (nSPS) is 15.6. The molecule has 0 fully saturated rings. The molecular weight excluding hydrogens is 362 g/mol. The number of aliphatic hydroxyl groups is 1. The van der Waals surface area contributed by atoms with Crippen LogP contribution in [0.2, 0.25) is 0 Å². The van der Waals surface area contributed by atoms with Gasteiger partial charge in [0.25, 0.3) is 0 Å². The number of carbonyl (C=O) groups excluding carboxylic acids is 1. The van der Waals surface area contributed by atoms with E-state index in [4.69, 9.17) is 4.74 Å². The van der Waals surface area contributed by atoms with Gasteiger partial charge >= 0.3 is 5.97 Å². The van der Waals surface area contributed by atoms with Crippen LogP contribution in [-0.4, -0.2) is 16.6 Å². The molecule has 2 N–H and O–H groups in total. The lowest BCUT2D eigenvalue weighted by molar-refractivity contribution is -0.128. The van der Waals surface area contributed by atoms with E-state index in [9.17, 15) is 9.90 Å². The first-order valence-corrected chi connectivity index (χ1v) is 10.1. The van der Waals surface area contributed by atoms with Gasteiger partial charge in [-0.1, -0.05) is 48.5 Å². The SMILES string of the molecule is CC(C)(C)NC1=C(/C(O)=C(\C(=O)Oc2ccccc2)c2ccccc2)CCCC1. The molecule has 2 aromatic carbocycles. The zero-order valence-electron chi connectivity index (χ0n) is 17.4. The molecule has 152 valence electrons. The number of carbonyl (C=O) groups is 1. The highest BCUT2D eigenvalue weighted by atomic mass is 16.5. The van der Waals surface area contributed by atoms with Crippen LogP contribution in [0.25, 0.3) is 5.57 Å². The van der Waals surface area contributed by atoms with Crippen molar-refractivity contribution in [3.05, 3.63) is 83.3 Å². The molecule has 29 heavy (non-hydrogen) atoms. The number of nitrogens with one attached hydrogen (secondary N) is 1. The minimum Gasteiger partial charge on any atom is -0.507 e. The summed E-state index contributed by atoms with van der Waals surface area (Å²) in [6, 6.07) is 18.1. The maximum absolute atomic E-state index is 13.1. The molecule has 0 heterocycles. The van der Waals surface area contributed by atoms with E-state index in [0.29, 0.717) is 11.3 Å². The third kappa shape index (κ3) is 5.50. The van der Waals surface area contributed by atoms with Gasteiger partial charge in [-0.2, -0.15) is 0 Å². The van der Waals surface area contributed by atoms with E-state index in [2.05, 4.69) is 26.1 Å². The van der Waals surface area contributed by atoms with Crippen LogP contribution in [0.15, 0.2) is 77.7 Å². The van der Waals surface area contributed by atoms with Gasteiger partial charge in [0.1, 0.15) is 17.1 Å². The molecule has 2 aromatic rings. The second-order valence-electron chi connectivity index (χ2n) is 8.33. The lowest BCUT2D eigenvalue weighted by Crippen LogP contribution is -2.36. The Morgan fingerprint density at radius 2 is 1.52 bits per heavy atom. The molecule has 4 nitrogen and oxygen atoms in total. The van der Waals surface area contributed by atoms with Crippen LogP contribution >= 0.6 is 0 Å². The monoisotopic (exact) mass is 391 g/mol. The highest BCUT2D eigenvalue weighted by Gasteiger charge is 2.26. The number of esters is 1. The first-order valence-electron chi connectivity index (χ1n) is 10.1. The van der Waals surface area contributed by atoms with Gasteiger partial charge in [0.15, 0.2) is 0 Å². The molecule has 3 rings (SSSR count). The van der Waals surface area contributed by atoms with Crippen molar-refractivity contribution in [1.82, 2.24) is 5.32 Å². The molecule has 0 bridgehead atoms. The summed E-state index contributed by atoms with van der Waals surface area (Å²) in [5.41, 5.74) is 2.51. The van der Waals surface area contributed by atoms with Gasteiger partial charge in [-0.3, -0.25) is 0 Å². The second-order valence-corrected chi connectivity index (χ2v) is 8.33. The Labute approximate surface area is 172 Å². The van der Waals surface area contributed by atoms with Gasteiger partial charge in [-0.05, 0) is 64.2 Å². The molecule has 0 aromatic heterocycles. The maximum Gasteiger partial charge on any atom is 0.347 e. The summed E-state index contributed by atoms with van der Waals surface area (Å²) in [7, 11) is 0. The molecule has 0 unspecified atom stereocenters. The van der Waals surface area contributed by atoms with Crippen LogP contribution in [0.4, 0.5) is 0 Å². The fraction of sp³-hybridized carbons (Fsp3) is 0.320. The van der Waals surface area contributed by atoms with E-state index >= 15 is 0 Å². The fourth-order valence-electron chi connectivity index (χ4n) is 3.51. The molecule has 0 atom stereocenters. The van der Waals surface area contributed by atoms with E-state index in [0.717, 1.165) is 37.0 Å². The molecule has 1 aliphatic rings. The zero-order chi connectivity index (χ0) is 20.9. The minimum atomic E-state index is -0.562. The van der Waals surface area contributed by atoms with Crippen molar-refractivity contribution in [2.45, 2.75) is 52.0 Å². The topological polar surface area (TPSA) is 58.6 Å². The van der Waals surface area contributed by atoms with Crippen LogP contribution in [0.3, 0.4) is 0 Å². The third-order valence-corrected chi connectivity index (χ3v) is 4.74. The quantitative estimate of drug-likeness (QED) is 0.294. The number of allylic oxidation sites excluding steroid dienone is 2. The molecule has 0 aliphatic heterocycles. The summed E-state index contributed by atoms with van der Waals surface area (Å²) in [5.74, 6) is -0.110. The van der Waals surface area contributed by atoms with Crippen molar-refractivity contribution in [2.24, 2.45) is 0 Å². The molecular formula is C25H29NO3. The summed E-state index contributed by atoms with van der Waals surface area (Å²) in [4.78, 5) is 13.1. The highest BCUT2D eigenvalue weighted by Crippen LogP contribution is 2.33. The Kier molecular flexibility index (Phi) is 6.42. The smallest absolute Gasteiger partial charge is 0.347 e. The molecule has 0 amide bonds. The lowest BCUT2D eigenvalue weighted by Gasteiger charge is -2.29. The highest BCUT2D eigenvalue weighted by molar-refractivity contribution is 6.18. The summed E-state index contributed by atoms with van der Waals surface area (Å²) in [5, 5.41) is 14.8. The summed E-state index contributed by atoms with van der Waals surface area (Å²) < 4.78 is 5.58. The van der Waals surface area contributed by atoms with Gasteiger partial charge in [0.05, 0.1) is 0 Å². The molecule has 0 saturated carbocycles. The van der Waals surface area contributed by atoms with Crippen molar-refractivity contribution in [3.63, 3.8) is 0 Å². The average Bonchev–Trinajstić information content (AvgIpc) is 2.69. The van der Waals surface area contributed by atoms with Crippen LogP contribution < -0.4 is 10.1 Å². The van der Waals surface area contributed by atoms with Crippen LogP contribution in [0.1, 0.15) is 52.0 Å². The van der Waals surface area contributed by atoms with E-state index in [1.807, 2.05) is 48.5 Å². The first kappa shape index (κ1) is 20.7. The van der Waals surface area contributed by atoms with E-state index in [-0.39, 0.29) is 16.9 Å². The number of aliphatic hydroxyl groups excluding tert-OH is 1. The second kappa shape index (κ2) is 8.99. The molecule has 0 saturated heterocycles. The number of hydrogen-bond donors (Lipinski definition) is 2. The summed E-state index contributed by atoms with van der Waals surface area (Å²) in [6.07, 6.45) is 3.61. The van der Waals surface area contributed by atoms with Crippen molar-refractivity contribution in [1.29, 1.82) is 0 Å². The molecule has 0 radical (unpaired) electrons. The molecule has 0 spiro atoms. The van der Waals surface area contributed by atoms with Crippen LogP contribution in [-0.2, 0) is 4.79 Å². The lowest BCUT2D eigenvalue weighted by atomic mass is 9.90. The van der Waals surface area contributed by atoms with Gasteiger partial charge in [0.2, 0.25) is 0 Å². The van der Waals surface area contributed by atoms with Gasteiger partial charge in [-0.25, -0.2) is 4.79 Å². The Morgan fingerprint density at radius 3 is 2.14 bits per heavy atom.